The van der Waals surface area contributed by atoms with Crippen molar-refractivity contribution in [3.05, 3.63) is 47.4 Å². The standard InChI is InChI=1S/C12H15N/c1-5-12(13(3)4)11-9-7-6-8-10(11)2/h5-9H,1-2H2,3-4H3/b12-11+. The van der Waals surface area contributed by atoms with E-state index in [1.165, 1.54) is 0 Å². The molecule has 1 heteroatoms. The Kier molecular flexibility index (Phi) is 2.91. The van der Waals surface area contributed by atoms with Crippen LogP contribution in [-0.4, -0.2) is 19.0 Å². The summed E-state index contributed by atoms with van der Waals surface area (Å²) in [6, 6.07) is 8.06. The Balaban J connectivity index is 3.55. The van der Waals surface area contributed by atoms with E-state index < -0.39 is 0 Å². The molecule has 1 rings (SSSR count). The van der Waals surface area contributed by atoms with Gasteiger partial charge in [0.2, 0.25) is 0 Å². The Hall–Kier alpha value is -1.50. The number of likely N-dealkylation sites (N-methyl/N-ethyl adjacent to an activating group) is 1. The molecule has 1 aromatic rings. The minimum atomic E-state index is 1.03. The van der Waals surface area contributed by atoms with Crippen LogP contribution in [0.5, 0.6) is 0 Å². The van der Waals surface area contributed by atoms with Gasteiger partial charge in [-0.15, -0.1) is 0 Å². The van der Waals surface area contributed by atoms with Gasteiger partial charge in [-0.3, -0.25) is 0 Å². The van der Waals surface area contributed by atoms with Gasteiger partial charge < -0.3 is 4.90 Å². The smallest absolute Gasteiger partial charge is 0.0434 e. The Bertz CT molecular complexity index is 401. The third kappa shape index (κ3) is 2.00. The van der Waals surface area contributed by atoms with Crippen molar-refractivity contribution >= 4 is 12.3 Å². The normalized spacial score (nSPS) is 12.2. The number of hydrogen-bond donors (Lipinski definition) is 0. The molecule has 0 amide bonds. The van der Waals surface area contributed by atoms with Crippen molar-refractivity contribution in [3.8, 4) is 0 Å². The van der Waals surface area contributed by atoms with Gasteiger partial charge in [0.05, 0.1) is 0 Å². The highest BCUT2D eigenvalue weighted by Gasteiger charge is 1.94. The minimum Gasteiger partial charge on any atom is -0.377 e. The van der Waals surface area contributed by atoms with Crippen LogP contribution in [-0.2, 0) is 0 Å². The van der Waals surface area contributed by atoms with E-state index in [1.807, 2.05) is 43.3 Å². The second-order valence-corrected chi connectivity index (χ2v) is 3.14. The van der Waals surface area contributed by atoms with Crippen molar-refractivity contribution < 1.29 is 0 Å². The summed E-state index contributed by atoms with van der Waals surface area (Å²) in [6.07, 6.45) is 1.85. The molecule has 0 bridgehead atoms. The van der Waals surface area contributed by atoms with Crippen molar-refractivity contribution in [2.24, 2.45) is 0 Å². The Labute approximate surface area is 79.3 Å². The monoisotopic (exact) mass is 173 g/mol. The lowest BCUT2D eigenvalue weighted by molar-refractivity contribution is 0.592. The summed E-state index contributed by atoms with van der Waals surface area (Å²) in [5.41, 5.74) is 1.10. The van der Waals surface area contributed by atoms with E-state index in [4.69, 9.17) is 0 Å². The predicted octanol–water partition coefficient (Wildman–Crippen LogP) is 0.953. The van der Waals surface area contributed by atoms with Crippen LogP contribution in [0, 0.1) is 0 Å². The first-order chi connectivity index (χ1) is 6.16. The zero-order valence-corrected chi connectivity index (χ0v) is 8.25. The topological polar surface area (TPSA) is 3.24 Å². The van der Waals surface area contributed by atoms with Crippen LogP contribution < -0.4 is 10.4 Å². The summed E-state index contributed by atoms with van der Waals surface area (Å²) < 4.78 is 0. The second-order valence-electron chi connectivity index (χ2n) is 3.14. The van der Waals surface area contributed by atoms with Gasteiger partial charge in [-0.25, -0.2) is 0 Å². The molecule has 0 aliphatic heterocycles. The van der Waals surface area contributed by atoms with E-state index in [0.717, 1.165) is 16.1 Å². The first-order valence-electron chi connectivity index (χ1n) is 4.25. The van der Waals surface area contributed by atoms with Gasteiger partial charge in [0.25, 0.3) is 0 Å². The van der Waals surface area contributed by atoms with Gasteiger partial charge in [0.15, 0.2) is 0 Å². The third-order valence-electron chi connectivity index (χ3n) is 1.97. The van der Waals surface area contributed by atoms with Crippen molar-refractivity contribution in [3.63, 3.8) is 0 Å². The van der Waals surface area contributed by atoms with Crippen LogP contribution in [0.25, 0.3) is 12.3 Å². The first-order valence-corrected chi connectivity index (χ1v) is 4.25. The largest absolute Gasteiger partial charge is 0.377 e. The van der Waals surface area contributed by atoms with Crippen LogP contribution in [0.4, 0.5) is 0 Å². The molecule has 0 unspecified atom stereocenters. The minimum absolute atomic E-state index is 1.03. The Morgan fingerprint density at radius 1 is 1.31 bits per heavy atom. The van der Waals surface area contributed by atoms with Crippen molar-refractivity contribution in [1.82, 2.24) is 4.90 Å². The SMILES string of the molecule is C=C/C(=c1/ccccc1=C)N(C)C. The molecule has 0 fully saturated rings. The van der Waals surface area contributed by atoms with E-state index in [0.29, 0.717) is 0 Å². The Morgan fingerprint density at radius 3 is 2.38 bits per heavy atom. The summed E-state index contributed by atoms with van der Waals surface area (Å²) in [5.74, 6) is 0. The van der Waals surface area contributed by atoms with Gasteiger partial charge in [-0.1, -0.05) is 37.4 Å². The molecule has 68 valence electrons. The van der Waals surface area contributed by atoms with Crippen LogP contribution in [0.15, 0.2) is 36.9 Å². The van der Waals surface area contributed by atoms with Gasteiger partial charge in [-0.2, -0.15) is 0 Å². The highest BCUT2D eigenvalue weighted by atomic mass is 15.1. The summed E-state index contributed by atoms with van der Waals surface area (Å²) in [6.45, 7) is 7.77. The first kappa shape index (κ1) is 9.59. The molecule has 0 heterocycles. The van der Waals surface area contributed by atoms with Crippen LogP contribution in [0.2, 0.25) is 0 Å². The molecule has 0 spiro atoms. The zero-order valence-electron chi connectivity index (χ0n) is 8.25. The average molecular weight is 173 g/mol. The third-order valence-corrected chi connectivity index (χ3v) is 1.97. The maximum atomic E-state index is 3.98. The van der Waals surface area contributed by atoms with E-state index >= 15 is 0 Å². The lowest BCUT2D eigenvalue weighted by Crippen LogP contribution is -2.29. The summed E-state index contributed by atoms with van der Waals surface area (Å²) in [4.78, 5) is 2.04. The fourth-order valence-corrected chi connectivity index (χ4v) is 1.30. The van der Waals surface area contributed by atoms with Crippen LogP contribution >= 0.6 is 0 Å². The van der Waals surface area contributed by atoms with E-state index in [2.05, 4.69) is 19.2 Å². The molecule has 0 radical (unpaired) electrons. The molecule has 0 aromatic heterocycles. The summed E-state index contributed by atoms with van der Waals surface area (Å²) in [5, 5.41) is 2.17. The van der Waals surface area contributed by atoms with Crippen LogP contribution in [0.1, 0.15) is 0 Å². The quantitative estimate of drug-likeness (QED) is 0.643. The molecule has 0 aliphatic rings. The number of rotatable bonds is 2. The summed E-state index contributed by atoms with van der Waals surface area (Å²) in [7, 11) is 4.01. The van der Waals surface area contributed by atoms with Gasteiger partial charge in [-0.05, 0) is 11.3 Å². The summed E-state index contributed by atoms with van der Waals surface area (Å²) >= 11 is 0. The van der Waals surface area contributed by atoms with E-state index in [9.17, 15) is 0 Å². The number of benzene rings is 1. The lowest BCUT2D eigenvalue weighted by Gasteiger charge is -2.13. The molecule has 1 nitrogen and oxygen atoms in total. The average Bonchev–Trinajstić information content (AvgIpc) is 2.09. The Morgan fingerprint density at radius 2 is 1.92 bits per heavy atom. The van der Waals surface area contributed by atoms with E-state index in [-0.39, 0.29) is 0 Å². The fourth-order valence-electron chi connectivity index (χ4n) is 1.30. The maximum Gasteiger partial charge on any atom is 0.0434 e. The van der Waals surface area contributed by atoms with Crippen molar-refractivity contribution in [2.45, 2.75) is 0 Å². The van der Waals surface area contributed by atoms with Crippen molar-refractivity contribution in [1.29, 1.82) is 0 Å². The fraction of sp³-hybridized carbons (Fsp3) is 0.167. The molecule has 0 aliphatic carbocycles. The van der Waals surface area contributed by atoms with Gasteiger partial charge in [0, 0.05) is 25.0 Å². The molecule has 0 saturated carbocycles. The molecule has 0 saturated heterocycles. The maximum absolute atomic E-state index is 3.98. The molecule has 0 N–H and O–H groups in total. The number of nitrogens with zero attached hydrogens (tertiary/aromatic N) is 1. The highest BCUT2D eigenvalue weighted by Crippen LogP contribution is 1.95. The predicted molar refractivity (Wildman–Crippen MR) is 58.5 cm³/mol. The zero-order chi connectivity index (χ0) is 9.84. The van der Waals surface area contributed by atoms with Gasteiger partial charge in [0.1, 0.15) is 0 Å². The molecular weight excluding hydrogens is 158 g/mol. The molecular formula is C12H15N. The molecule has 1 aromatic carbocycles. The highest BCUT2D eigenvalue weighted by molar-refractivity contribution is 5.53. The van der Waals surface area contributed by atoms with Gasteiger partial charge >= 0.3 is 0 Å². The van der Waals surface area contributed by atoms with Crippen molar-refractivity contribution in [2.75, 3.05) is 14.1 Å². The molecule has 13 heavy (non-hydrogen) atoms. The van der Waals surface area contributed by atoms with E-state index in [1.54, 1.807) is 0 Å². The van der Waals surface area contributed by atoms with Crippen LogP contribution in [0.3, 0.4) is 0 Å². The second kappa shape index (κ2) is 3.94. The number of hydrogen-bond acceptors (Lipinski definition) is 1. The molecule has 0 atom stereocenters. The lowest BCUT2D eigenvalue weighted by atomic mass is 10.2.